The average Bonchev–Trinajstić information content (AvgIpc) is 2.22. The Labute approximate surface area is 109 Å². The van der Waals surface area contributed by atoms with E-state index in [0.29, 0.717) is 22.6 Å². The van der Waals surface area contributed by atoms with Crippen LogP contribution in [0.5, 0.6) is 0 Å². The predicted octanol–water partition coefficient (Wildman–Crippen LogP) is 2.70. The van der Waals surface area contributed by atoms with E-state index in [0.717, 1.165) is 12.1 Å². The van der Waals surface area contributed by atoms with Crippen molar-refractivity contribution in [2.45, 2.75) is 13.5 Å². The van der Waals surface area contributed by atoms with E-state index in [2.05, 4.69) is 20.8 Å². The number of likely N-dealkylation sites (N-methyl/N-ethyl adjacent to an activating group) is 1. The van der Waals surface area contributed by atoms with E-state index in [4.69, 9.17) is 18.0 Å². The number of nitrogens with zero attached hydrogens (tertiary/aromatic N) is 1. The Morgan fingerprint density at radius 1 is 1.56 bits per heavy atom. The molecule has 0 bridgehead atoms. The van der Waals surface area contributed by atoms with Crippen LogP contribution in [0.15, 0.2) is 22.7 Å². The molecule has 2 nitrogen and oxygen atoms in total. The van der Waals surface area contributed by atoms with Crippen molar-refractivity contribution in [1.82, 2.24) is 4.90 Å². The van der Waals surface area contributed by atoms with Gasteiger partial charge in [0.1, 0.15) is 5.82 Å². The molecule has 2 N–H and O–H groups in total. The average molecular weight is 305 g/mol. The number of hydrogen-bond acceptors (Lipinski definition) is 2. The smallest absolute Gasteiger partial charge is 0.137 e. The minimum atomic E-state index is -0.249. The summed E-state index contributed by atoms with van der Waals surface area (Å²) in [5.41, 5.74) is 6.53. The zero-order valence-electron chi connectivity index (χ0n) is 9.04. The van der Waals surface area contributed by atoms with Gasteiger partial charge in [-0.25, -0.2) is 4.39 Å². The van der Waals surface area contributed by atoms with Gasteiger partial charge >= 0.3 is 0 Å². The number of halogens is 2. The third-order valence-electron chi connectivity index (χ3n) is 2.22. The minimum absolute atomic E-state index is 0.249. The molecule has 5 heteroatoms. The summed E-state index contributed by atoms with van der Waals surface area (Å²) in [5, 5.41) is 0. The fourth-order valence-electron chi connectivity index (χ4n) is 1.40. The summed E-state index contributed by atoms with van der Waals surface area (Å²) in [5.74, 6) is -0.249. The Kier molecular flexibility index (Phi) is 5.31. The lowest BCUT2D eigenvalue weighted by molar-refractivity contribution is 0.321. The van der Waals surface area contributed by atoms with Crippen molar-refractivity contribution in [3.63, 3.8) is 0 Å². The summed E-state index contributed by atoms with van der Waals surface area (Å²) >= 11 is 8.03. The van der Waals surface area contributed by atoms with Gasteiger partial charge in [-0.1, -0.05) is 25.2 Å². The van der Waals surface area contributed by atoms with E-state index in [1.807, 2.05) is 6.92 Å². The zero-order chi connectivity index (χ0) is 12.1. The summed E-state index contributed by atoms with van der Waals surface area (Å²) in [4.78, 5) is 2.57. The molecule has 1 rings (SSSR count). The summed E-state index contributed by atoms with van der Waals surface area (Å²) in [6.07, 6.45) is 0. The van der Waals surface area contributed by atoms with Gasteiger partial charge in [-0.05, 0) is 40.2 Å². The van der Waals surface area contributed by atoms with Crippen LogP contribution in [-0.2, 0) is 6.54 Å². The maximum Gasteiger partial charge on any atom is 0.137 e. The van der Waals surface area contributed by atoms with Crippen LogP contribution in [-0.4, -0.2) is 23.0 Å². The van der Waals surface area contributed by atoms with E-state index in [9.17, 15) is 4.39 Å². The second-order valence-corrected chi connectivity index (χ2v) is 4.90. The minimum Gasteiger partial charge on any atom is -0.392 e. The van der Waals surface area contributed by atoms with Crippen LogP contribution < -0.4 is 5.73 Å². The Morgan fingerprint density at radius 3 is 2.75 bits per heavy atom. The molecule has 88 valence electrons. The molecule has 0 fully saturated rings. The first-order chi connectivity index (χ1) is 7.52. The highest BCUT2D eigenvalue weighted by Crippen LogP contribution is 2.17. The van der Waals surface area contributed by atoms with Crippen molar-refractivity contribution in [3.05, 3.63) is 34.1 Å². The van der Waals surface area contributed by atoms with Crippen molar-refractivity contribution in [3.8, 4) is 0 Å². The van der Waals surface area contributed by atoms with E-state index in [1.165, 1.54) is 6.07 Å². The van der Waals surface area contributed by atoms with Crippen LogP contribution in [0.3, 0.4) is 0 Å². The second kappa shape index (κ2) is 6.27. The van der Waals surface area contributed by atoms with Crippen LogP contribution >= 0.6 is 28.1 Å². The lowest BCUT2D eigenvalue weighted by Gasteiger charge is -2.19. The fourth-order valence-corrected chi connectivity index (χ4v) is 2.00. The topological polar surface area (TPSA) is 29.3 Å². The summed E-state index contributed by atoms with van der Waals surface area (Å²) < 4.78 is 13.5. The Balaban J connectivity index is 2.70. The third kappa shape index (κ3) is 4.15. The highest BCUT2D eigenvalue weighted by atomic mass is 79.9. The van der Waals surface area contributed by atoms with Crippen LogP contribution in [0.1, 0.15) is 12.5 Å². The molecular weight excluding hydrogens is 291 g/mol. The lowest BCUT2D eigenvalue weighted by atomic mass is 10.2. The van der Waals surface area contributed by atoms with E-state index in [1.54, 1.807) is 12.1 Å². The first-order valence-corrected chi connectivity index (χ1v) is 6.17. The monoisotopic (exact) mass is 304 g/mol. The van der Waals surface area contributed by atoms with Crippen LogP contribution in [0.2, 0.25) is 0 Å². The molecule has 0 heterocycles. The number of benzene rings is 1. The Morgan fingerprint density at radius 2 is 2.25 bits per heavy atom. The SMILES string of the molecule is CCN(CC(N)=S)Cc1ccc(F)c(Br)c1. The predicted molar refractivity (Wildman–Crippen MR) is 71.8 cm³/mol. The fraction of sp³-hybridized carbons (Fsp3) is 0.364. The summed E-state index contributed by atoms with van der Waals surface area (Å²) in [6, 6.07) is 4.99. The van der Waals surface area contributed by atoms with Gasteiger partial charge in [-0.15, -0.1) is 0 Å². The van der Waals surface area contributed by atoms with Crippen molar-refractivity contribution >= 4 is 33.1 Å². The van der Waals surface area contributed by atoms with Crippen molar-refractivity contribution in [2.75, 3.05) is 13.1 Å². The van der Waals surface area contributed by atoms with Gasteiger partial charge in [0, 0.05) is 13.1 Å². The first-order valence-electron chi connectivity index (χ1n) is 4.97. The van der Waals surface area contributed by atoms with E-state index >= 15 is 0 Å². The largest absolute Gasteiger partial charge is 0.392 e. The molecule has 0 saturated carbocycles. The maximum absolute atomic E-state index is 13.0. The quantitative estimate of drug-likeness (QED) is 0.848. The molecule has 1 aromatic carbocycles. The second-order valence-electron chi connectivity index (χ2n) is 3.52. The molecular formula is C11H14BrFN2S. The van der Waals surface area contributed by atoms with E-state index in [-0.39, 0.29) is 5.82 Å². The number of nitrogens with two attached hydrogens (primary N) is 1. The number of rotatable bonds is 5. The van der Waals surface area contributed by atoms with E-state index < -0.39 is 0 Å². The van der Waals surface area contributed by atoms with Gasteiger partial charge in [0.15, 0.2) is 0 Å². The van der Waals surface area contributed by atoms with Crippen LogP contribution in [0, 0.1) is 5.82 Å². The van der Waals surface area contributed by atoms with Gasteiger partial charge in [-0.2, -0.15) is 0 Å². The van der Waals surface area contributed by atoms with Gasteiger partial charge < -0.3 is 5.73 Å². The molecule has 0 spiro atoms. The first kappa shape index (κ1) is 13.5. The summed E-state index contributed by atoms with van der Waals surface area (Å²) in [7, 11) is 0. The molecule has 0 atom stereocenters. The van der Waals surface area contributed by atoms with Gasteiger partial charge in [0.2, 0.25) is 0 Å². The molecule has 16 heavy (non-hydrogen) atoms. The Hall–Kier alpha value is -0.520. The maximum atomic E-state index is 13.0. The molecule has 1 aromatic rings. The summed E-state index contributed by atoms with van der Waals surface area (Å²) in [6.45, 7) is 4.19. The van der Waals surface area contributed by atoms with Gasteiger partial charge in [-0.3, -0.25) is 4.90 Å². The molecule has 0 radical (unpaired) electrons. The lowest BCUT2D eigenvalue weighted by Crippen LogP contribution is -2.32. The van der Waals surface area contributed by atoms with Crippen LogP contribution in [0.25, 0.3) is 0 Å². The number of thiocarbonyl (C=S) groups is 1. The number of hydrogen-bond donors (Lipinski definition) is 1. The highest BCUT2D eigenvalue weighted by molar-refractivity contribution is 9.10. The van der Waals surface area contributed by atoms with Crippen molar-refractivity contribution in [1.29, 1.82) is 0 Å². The van der Waals surface area contributed by atoms with Gasteiger partial charge in [0.05, 0.1) is 9.46 Å². The Bertz CT molecular complexity index is 384. The molecule has 0 aromatic heterocycles. The normalized spacial score (nSPS) is 10.8. The zero-order valence-corrected chi connectivity index (χ0v) is 11.4. The van der Waals surface area contributed by atoms with Crippen molar-refractivity contribution < 1.29 is 4.39 Å². The standard InChI is InChI=1S/C11H14BrFN2S/c1-2-15(7-11(14)16)6-8-3-4-10(13)9(12)5-8/h3-5H,2,6-7H2,1H3,(H2,14,16). The molecule has 0 amide bonds. The van der Waals surface area contributed by atoms with Crippen molar-refractivity contribution in [2.24, 2.45) is 5.73 Å². The molecule has 0 unspecified atom stereocenters. The third-order valence-corrected chi connectivity index (χ3v) is 2.95. The van der Waals surface area contributed by atoms with Gasteiger partial charge in [0.25, 0.3) is 0 Å². The highest BCUT2D eigenvalue weighted by Gasteiger charge is 2.06. The molecule has 0 aliphatic rings. The van der Waals surface area contributed by atoms with Crippen LogP contribution in [0.4, 0.5) is 4.39 Å². The molecule has 0 aliphatic heterocycles. The molecule has 0 aliphatic carbocycles. The molecule has 0 saturated heterocycles.